The Morgan fingerprint density at radius 1 is 1.17 bits per heavy atom. The van der Waals surface area contributed by atoms with Gasteiger partial charge in [-0.2, -0.15) is 0 Å². The summed E-state index contributed by atoms with van der Waals surface area (Å²) in [7, 11) is 0. The molecule has 0 radical (unpaired) electrons. The van der Waals surface area contributed by atoms with Crippen molar-refractivity contribution in [2.45, 2.75) is 66.3 Å². The number of hydrogen-bond donors (Lipinski definition) is 1. The van der Waals surface area contributed by atoms with Crippen molar-refractivity contribution in [2.24, 2.45) is 11.7 Å². The second-order valence-electron chi connectivity index (χ2n) is 3.30. The second-order valence-corrected chi connectivity index (χ2v) is 3.30. The minimum absolute atomic E-state index is 0.444. The van der Waals surface area contributed by atoms with Crippen LogP contribution >= 0.6 is 0 Å². The van der Waals surface area contributed by atoms with Crippen molar-refractivity contribution in [3.63, 3.8) is 0 Å². The molecule has 12 heavy (non-hydrogen) atoms. The van der Waals surface area contributed by atoms with Crippen molar-refractivity contribution in [2.75, 3.05) is 0 Å². The Morgan fingerprint density at radius 2 is 1.67 bits per heavy atom. The van der Waals surface area contributed by atoms with Crippen LogP contribution in [0, 0.1) is 5.92 Å². The molecular weight excluding hydrogens is 146 g/mol. The SMILES string of the molecule is CC.CCCC(N)CC(C)CC. The first-order chi connectivity index (χ1) is 5.70. The van der Waals surface area contributed by atoms with Gasteiger partial charge in [0, 0.05) is 6.04 Å². The summed E-state index contributed by atoms with van der Waals surface area (Å²) in [4.78, 5) is 0. The smallest absolute Gasteiger partial charge is 0.00412 e. The summed E-state index contributed by atoms with van der Waals surface area (Å²) in [6.07, 6.45) is 4.86. The molecule has 0 aromatic heterocycles. The summed E-state index contributed by atoms with van der Waals surface area (Å²) in [6.45, 7) is 10.7. The van der Waals surface area contributed by atoms with Gasteiger partial charge < -0.3 is 5.73 Å². The Morgan fingerprint density at radius 3 is 2.00 bits per heavy atom. The van der Waals surface area contributed by atoms with E-state index in [-0.39, 0.29) is 0 Å². The van der Waals surface area contributed by atoms with Crippen LogP contribution in [-0.4, -0.2) is 6.04 Å². The largest absolute Gasteiger partial charge is 0.328 e. The summed E-state index contributed by atoms with van der Waals surface area (Å²) < 4.78 is 0. The van der Waals surface area contributed by atoms with Crippen molar-refractivity contribution < 1.29 is 0 Å². The monoisotopic (exact) mass is 173 g/mol. The molecule has 0 aliphatic rings. The van der Waals surface area contributed by atoms with Gasteiger partial charge in [0.05, 0.1) is 0 Å². The van der Waals surface area contributed by atoms with Gasteiger partial charge in [0.2, 0.25) is 0 Å². The summed E-state index contributed by atoms with van der Waals surface area (Å²) in [5, 5.41) is 0. The molecule has 0 heterocycles. The van der Waals surface area contributed by atoms with E-state index in [4.69, 9.17) is 5.73 Å². The average Bonchev–Trinajstić information content (AvgIpc) is 2.08. The van der Waals surface area contributed by atoms with Gasteiger partial charge in [0.15, 0.2) is 0 Å². The molecule has 0 amide bonds. The first-order valence-corrected chi connectivity index (χ1v) is 5.46. The predicted molar refractivity (Wildman–Crippen MR) is 58.3 cm³/mol. The highest BCUT2D eigenvalue weighted by atomic mass is 14.6. The zero-order chi connectivity index (χ0) is 9.98. The van der Waals surface area contributed by atoms with Crippen LogP contribution in [-0.2, 0) is 0 Å². The first kappa shape index (κ1) is 14.5. The molecule has 2 atom stereocenters. The summed E-state index contributed by atoms with van der Waals surface area (Å²) in [5.74, 6) is 0.807. The fourth-order valence-electron chi connectivity index (χ4n) is 1.17. The highest BCUT2D eigenvalue weighted by Gasteiger charge is 2.05. The molecule has 0 aliphatic carbocycles. The van der Waals surface area contributed by atoms with E-state index in [1.54, 1.807) is 0 Å². The average molecular weight is 173 g/mol. The molecule has 0 rings (SSSR count). The van der Waals surface area contributed by atoms with Gasteiger partial charge in [0.1, 0.15) is 0 Å². The summed E-state index contributed by atoms with van der Waals surface area (Å²) in [6, 6.07) is 0.444. The minimum atomic E-state index is 0.444. The van der Waals surface area contributed by atoms with Crippen LogP contribution in [0.2, 0.25) is 0 Å². The Kier molecular flexibility index (Phi) is 13.2. The van der Waals surface area contributed by atoms with E-state index in [1.807, 2.05) is 13.8 Å². The van der Waals surface area contributed by atoms with E-state index < -0.39 is 0 Å². The maximum atomic E-state index is 5.86. The quantitative estimate of drug-likeness (QED) is 0.675. The van der Waals surface area contributed by atoms with Crippen molar-refractivity contribution in [3.05, 3.63) is 0 Å². The van der Waals surface area contributed by atoms with E-state index in [0.29, 0.717) is 6.04 Å². The van der Waals surface area contributed by atoms with Crippen LogP contribution in [0.3, 0.4) is 0 Å². The molecule has 0 aromatic rings. The van der Waals surface area contributed by atoms with Crippen LogP contribution in [0.15, 0.2) is 0 Å². The van der Waals surface area contributed by atoms with Gasteiger partial charge in [-0.05, 0) is 18.8 Å². The Hall–Kier alpha value is -0.0400. The predicted octanol–water partition coefficient (Wildman–Crippen LogP) is 3.58. The lowest BCUT2D eigenvalue weighted by molar-refractivity contribution is 0.433. The lowest BCUT2D eigenvalue weighted by Crippen LogP contribution is -2.22. The van der Waals surface area contributed by atoms with Gasteiger partial charge in [-0.1, -0.05) is 47.5 Å². The van der Waals surface area contributed by atoms with Crippen molar-refractivity contribution in [3.8, 4) is 0 Å². The third-order valence-electron chi connectivity index (χ3n) is 2.06. The molecule has 0 saturated carbocycles. The van der Waals surface area contributed by atoms with Gasteiger partial charge in [-0.25, -0.2) is 0 Å². The highest BCUT2D eigenvalue weighted by Crippen LogP contribution is 2.10. The molecule has 76 valence electrons. The van der Waals surface area contributed by atoms with E-state index in [9.17, 15) is 0 Å². The summed E-state index contributed by atoms with van der Waals surface area (Å²) in [5.41, 5.74) is 5.86. The van der Waals surface area contributed by atoms with E-state index in [2.05, 4.69) is 20.8 Å². The van der Waals surface area contributed by atoms with Crippen LogP contribution in [0.25, 0.3) is 0 Å². The molecule has 0 aromatic carbocycles. The van der Waals surface area contributed by atoms with Gasteiger partial charge >= 0.3 is 0 Å². The maximum absolute atomic E-state index is 5.86. The molecule has 1 nitrogen and oxygen atoms in total. The molecule has 0 fully saturated rings. The van der Waals surface area contributed by atoms with Crippen molar-refractivity contribution >= 4 is 0 Å². The fourth-order valence-corrected chi connectivity index (χ4v) is 1.17. The molecular formula is C11H27N. The molecule has 0 bridgehead atoms. The number of rotatable bonds is 5. The van der Waals surface area contributed by atoms with Crippen LogP contribution in [0.1, 0.15) is 60.3 Å². The lowest BCUT2D eigenvalue weighted by Gasteiger charge is -2.14. The standard InChI is InChI=1S/C9H21N.C2H6/c1-4-6-9(10)7-8(3)5-2;1-2/h8-9H,4-7,10H2,1-3H3;1-2H3. The second kappa shape index (κ2) is 11.0. The molecule has 0 spiro atoms. The van der Waals surface area contributed by atoms with Crippen molar-refractivity contribution in [1.29, 1.82) is 0 Å². The van der Waals surface area contributed by atoms with Crippen molar-refractivity contribution in [1.82, 2.24) is 0 Å². The van der Waals surface area contributed by atoms with Gasteiger partial charge in [-0.3, -0.25) is 0 Å². The van der Waals surface area contributed by atoms with E-state index in [0.717, 1.165) is 5.92 Å². The van der Waals surface area contributed by atoms with E-state index in [1.165, 1.54) is 25.7 Å². The molecule has 2 N–H and O–H groups in total. The Labute approximate surface area is 78.7 Å². The lowest BCUT2D eigenvalue weighted by atomic mass is 9.97. The number of hydrogen-bond acceptors (Lipinski definition) is 1. The van der Waals surface area contributed by atoms with Gasteiger partial charge in [0.25, 0.3) is 0 Å². The molecule has 1 heteroatoms. The first-order valence-electron chi connectivity index (χ1n) is 5.46. The van der Waals surface area contributed by atoms with Crippen LogP contribution in [0.5, 0.6) is 0 Å². The number of nitrogens with two attached hydrogens (primary N) is 1. The molecule has 0 saturated heterocycles. The summed E-state index contributed by atoms with van der Waals surface area (Å²) >= 11 is 0. The zero-order valence-electron chi connectivity index (χ0n) is 9.56. The fraction of sp³-hybridized carbons (Fsp3) is 1.00. The molecule has 2 unspecified atom stereocenters. The van der Waals surface area contributed by atoms with Crippen LogP contribution < -0.4 is 5.73 Å². The maximum Gasteiger partial charge on any atom is 0.00412 e. The van der Waals surface area contributed by atoms with E-state index >= 15 is 0 Å². The third kappa shape index (κ3) is 9.96. The third-order valence-corrected chi connectivity index (χ3v) is 2.06. The minimum Gasteiger partial charge on any atom is -0.328 e. The topological polar surface area (TPSA) is 26.0 Å². The Bertz CT molecular complexity index is 71.4. The molecule has 0 aliphatic heterocycles. The highest BCUT2D eigenvalue weighted by molar-refractivity contribution is 4.63. The normalized spacial score (nSPS) is 14.5. The Balaban J connectivity index is 0. The van der Waals surface area contributed by atoms with Crippen LogP contribution in [0.4, 0.5) is 0 Å². The zero-order valence-corrected chi connectivity index (χ0v) is 9.56. The van der Waals surface area contributed by atoms with Gasteiger partial charge in [-0.15, -0.1) is 0 Å².